The molecule has 0 aliphatic carbocycles. The first-order valence-corrected chi connectivity index (χ1v) is 7.15. The van der Waals surface area contributed by atoms with Crippen LogP contribution in [0.2, 0.25) is 0 Å². The third-order valence-corrected chi connectivity index (χ3v) is 4.02. The van der Waals surface area contributed by atoms with Gasteiger partial charge in [0.2, 0.25) is 0 Å². The number of nitrogens with two attached hydrogens (primary N) is 1. The van der Waals surface area contributed by atoms with Gasteiger partial charge in [0.05, 0.1) is 6.61 Å². The molecular formula is C16H21N3O. The van der Waals surface area contributed by atoms with E-state index in [0.717, 1.165) is 34.9 Å². The SMILES string of the molecule is COCc1ccc(-c2nc3n(c2N)C(C)CCC3)cc1. The number of fused-ring (bicyclic) bond motifs is 1. The summed E-state index contributed by atoms with van der Waals surface area (Å²) in [4.78, 5) is 4.75. The van der Waals surface area contributed by atoms with E-state index in [-0.39, 0.29) is 0 Å². The molecule has 3 rings (SSSR count). The summed E-state index contributed by atoms with van der Waals surface area (Å²) in [6, 6.07) is 8.74. The van der Waals surface area contributed by atoms with Crippen molar-refractivity contribution in [3.05, 3.63) is 35.7 Å². The lowest BCUT2D eigenvalue weighted by molar-refractivity contribution is 0.185. The molecule has 1 aliphatic heterocycles. The summed E-state index contributed by atoms with van der Waals surface area (Å²) in [5.74, 6) is 1.92. The zero-order valence-electron chi connectivity index (χ0n) is 12.1. The molecule has 0 bridgehead atoms. The monoisotopic (exact) mass is 271 g/mol. The van der Waals surface area contributed by atoms with Gasteiger partial charge in [-0.15, -0.1) is 0 Å². The Bertz CT molecular complexity index is 601. The second-order valence-electron chi connectivity index (χ2n) is 5.50. The molecule has 1 aromatic heterocycles. The van der Waals surface area contributed by atoms with Gasteiger partial charge in [0.25, 0.3) is 0 Å². The zero-order chi connectivity index (χ0) is 14.1. The van der Waals surface area contributed by atoms with Crippen LogP contribution < -0.4 is 5.73 Å². The molecule has 4 heteroatoms. The standard InChI is InChI=1S/C16H21N3O/c1-11-4-3-5-14-18-15(16(17)19(11)14)13-8-6-12(7-9-13)10-20-2/h6-9,11H,3-5,10,17H2,1-2H3. The van der Waals surface area contributed by atoms with Crippen LogP contribution in [-0.2, 0) is 17.8 Å². The number of anilines is 1. The number of aromatic nitrogens is 2. The maximum absolute atomic E-state index is 6.32. The van der Waals surface area contributed by atoms with E-state index in [2.05, 4.69) is 35.8 Å². The quantitative estimate of drug-likeness (QED) is 0.932. The van der Waals surface area contributed by atoms with Crippen LogP contribution in [0.1, 0.15) is 37.2 Å². The normalized spacial score (nSPS) is 18.0. The van der Waals surface area contributed by atoms with E-state index < -0.39 is 0 Å². The first kappa shape index (κ1) is 13.2. The van der Waals surface area contributed by atoms with Crippen LogP contribution >= 0.6 is 0 Å². The summed E-state index contributed by atoms with van der Waals surface area (Å²) < 4.78 is 7.33. The molecule has 0 radical (unpaired) electrons. The third kappa shape index (κ3) is 2.20. The largest absolute Gasteiger partial charge is 0.383 e. The van der Waals surface area contributed by atoms with Gasteiger partial charge in [-0.1, -0.05) is 24.3 Å². The number of aryl methyl sites for hydroxylation is 1. The number of hydrogen-bond donors (Lipinski definition) is 1. The predicted molar refractivity (Wildman–Crippen MR) is 80.4 cm³/mol. The lowest BCUT2D eigenvalue weighted by Gasteiger charge is -2.22. The molecule has 1 aliphatic rings. The van der Waals surface area contributed by atoms with Gasteiger partial charge in [-0.3, -0.25) is 0 Å². The first-order valence-electron chi connectivity index (χ1n) is 7.15. The molecule has 0 amide bonds. The van der Waals surface area contributed by atoms with Crippen molar-refractivity contribution in [2.24, 2.45) is 0 Å². The molecule has 2 N–H and O–H groups in total. The molecule has 1 atom stereocenters. The number of rotatable bonds is 3. The highest BCUT2D eigenvalue weighted by molar-refractivity contribution is 5.71. The predicted octanol–water partition coefficient (Wildman–Crippen LogP) is 3.18. The molecule has 106 valence electrons. The van der Waals surface area contributed by atoms with Crippen LogP contribution in [0.4, 0.5) is 5.82 Å². The maximum Gasteiger partial charge on any atom is 0.131 e. The average Bonchev–Trinajstić information content (AvgIpc) is 2.79. The highest BCUT2D eigenvalue weighted by atomic mass is 16.5. The Hall–Kier alpha value is -1.81. The lowest BCUT2D eigenvalue weighted by Crippen LogP contribution is -2.16. The van der Waals surface area contributed by atoms with Crippen molar-refractivity contribution in [1.82, 2.24) is 9.55 Å². The van der Waals surface area contributed by atoms with Gasteiger partial charge in [0, 0.05) is 25.1 Å². The van der Waals surface area contributed by atoms with Crippen molar-refractivity contribution in [2.75, 3.05) is 12.8 Å². The number of ether oxygens (including phenoxy) is 1. The van der Waals surface area contributed by atoms with Crippen molar-refractivity contribution in [3.63, 3.8) is 0 Å². The second kappa shape index (κ2) is 5.29. The number of nitrogen functional groups attached to an aromatic ring is 1. The van der Waals surface area contributed by atoms with Crippen LogP contribution in [0.15, 0.2) is 24.3 Å². The molecule has 0 saturated heterocycles. The fraction of sp³-hybridized carbons (Fsp3) is 0.438. The summed E-state index contributed by atoms with van der Waals surface area (Å²) in [6.07, 6.45) is 3.40. The van der Waals surface area contributed by atoms with Gasteiger partial charge < -0.3 is 15.0 Å². The van der Waals surface area contributed by atoms with Gasteiger partial charge in [-0.2, -0.15) is 0 Å². The molecule has 0 spiro atoms. The highest BCUT2D eigenvalue weighted by Crippen LogP contribution is 2.34. The van der Waals surface area contributed by atoms with E-state index in [4.69, 9.17) is 15.5 Å². The molecule has 2 aromatic rings. The number of methoxy groups -OCH3 is 1. The molecule has 0 saturated carbocycles. The van der Waals surface area contributed by atoms with E-state index in [0.29, 0.717) is 12.6 Å². The van der Waals surface area contributed by atoms with Crippen molar-refractivity contribution in [3.8, 4) is 11.3 Å². The Labute approximate surface area is 119 Å². The van der Waals surface area contributed by atoms with Gasteiger partial charge in [-0.05, 0) is 25.3 Å². The Morgan fingerprint density at radius 1 is 1.35 bits per heavy atom. The van der Waals surface area contributed by atoms with Crippen LogP contribution in [0.3, 0.4) is 0 Å². The fourth-order valence-electron chi connectivity index (χ4n) is 2.98. The summed E-state index contributed by atoms with van der Waals surface area (Å²) in [5.41, 5.74) is 9.47. The van der Waals surface area contributed by atoms with E-state index >= 15 is 0 Å². The summed E-state index contributed by atoms with van der Waals surface area (Å²) in [7, 11) is 1.71. The Morgan fingerprint density at radius 3 is 2.75 bits per heavy atom. The molecule has 1 aromatic carbocycles. The summed E-state index contributed by atoms with van der Waals surface area (Å²) in [5, 5.41) is 0. The van der Waals surface area contributed by atoms with Crippen molar-refractivity contribution in [2.45, 2.75) is 38.8 Å². The van der Waals surface area contributed by atoms with Crippen LogP contribution in [0, 0.1) is 0 Å². The topological polar surface area (TPSA) is 53.1 Å². The number of benzene rings is 1. The second-order valence-corrected chi connectivity index (χ2v) is 5.50. The minimum Gasteiger partial charge on any atom is -0.383 e. The summed E-state index contributed by atoms with van der Waals surface area (Å²) in [6.45, 7) is 2.85. The van der Waals surface area contributed by atoms with Crippen LogP contribution in [0.25, 0.3) is 11.3 Å². The van der Waals surface area contributed by atoms with Gasteiger partial charge >= 0.3 is 0 Å². The van der Waals surface area contributed by atoms with Crippen molar-refractivity contribution < 1.29 is 4.74 Å². The smallest absolute Gasteiger partial charge is 0.131 e. The van der Waals surface area contributed by atoms with E-state index in [1.165, 1.54) is 12.8 Å². The van der Waals surface area contributed by atoms with Crippen LogP contribution in [-0.4, -0.2) is 16.7 Å². The summed E-state index contributed by atoms with van der Waals surface area (Å²) >= 11 is 0. The Morgan fingerprint density at radius 2 is 2.10 bits per heavy atom. The number of hydrogen-bond acceptors (Lipinski definition) is 3. The van der Waals surface area contributed by atoms with Gasteiger partial charge in [0.15, 0.2) is 0 Å². The minimum absolute atomic E-state index is 0.452. The molecule has 2 heterocycles. The Kier molecular flexibility index (Phi) is 3.49. The van der Waals surface area contributed by atoms with Crippen LogP contribution in [0.5, 0.6) is 0 Å². The maximum atomic E-state index is 6.32. The van der Waals surface area contributed by atoms with Gasteiger partial charge in [0.1, 0.15) is 17.3 Å². The zero-order valence-corrected chi connectivity index (χ0v) is 12.1. The van der Waals surface area contributed by atoms with Crippen molar-refractivity contribution in [1.29, 1.82) is 0 Å². The van der Waals surface area contributed by atoms with E-state index in [1.54, 1.807) is 7.11 Å². The lowest BCUT2D eigenvalue weighted by atomic mass is 10.1. The minimum atomic E-state index is 0.452. The fourth-order valence-corrected chi connectivity index (χ4v) is 2.98. The molecule has 0 fully saturated rings. The molecule has 1 unspecified atom stereocenters. The van der Waals surface area contributed by atoms with E-state index in [9.17, 15) is 0 Å². The number of nitrogens with zero attached hydrogens (tertiary/aromatic N) is 2. The highest BCUT2D eigenvalue weighted by Gasteiger charge is 2.23. The van der Waals surface area contributed by atoms with E-state index in [1.807, 2.05) is 0 Å². The number of imidazole rings is 1. The Balaban J connectivity index is 1.98. The van der Waals surface area contributed by atoms with Crippen molar-refractivity contribution >= 4 is 5.82 Å². The molecular weight excluding hydrogens is 250 g/mol. The van der Waals surface area contributed by atoms with Gasteiger partial charge in [-0.25, -0.2) is 4.98 Å². The molecule has 20 heavy (non-hydrogen) atoms. The third-order valence-electron chi connectivity index (χ3n) is 4.02. The average molecular weight is 271 g/mol. The molecule has 4 nitrogen and oxygen atoms in total. The first-order chi connectivity index (χ1) is 9.70.